The van der Waals surface area contributed by atoms with Gasteiger partial charge >= 0.3 is 12.1 Å². The predicted octanol–water partition coefficient (Wildman–Crippen LogP) is 6.58. The van der Waals surface area contributed by atoms with Crippen LogP contribution in [0.4, 0.5) is 4.79 Å². The molecule has 0 saturated carbocycles. The fourth-order valence-corrected chi connectivity index (χ4v) is 4.82. The summed E-state index contributed by atoms with van der Waals surface area (Å²) in [6.45, 7) is 11.5. The van der Waals surface area contributed by atoms with Gasteiger partial charge < -0.3 is 19.6 Å². The standard InChI is InChI=1S/C27H52N2O4/c1-4-6-7-8-9-10-11-17-28(18-12-22-33-26(30)23-24(3)13-5-2)19-14-25-15-20-29(21-16-25)27(31)32/h24-25H,4-23H2,1-3H3,(H,31,32). The Morgan fingerprint density at radius 1 is 0.939 bits per heavy atom. The number of rotatable bonds is 19. The summed E-state index contributed by atoms with van der Waals surface area (Å²) in [5.41, 5.74) is 0. The molecule has 1 saturated heterocycles. The molecule has 1 amide bonds. The summed E-state index contributed by atoms with van der Waals surface area (Å²) in [5, 5.41) is 9.15. The van der Waals surface area contributed by atoms with Crippen molar-refractivity contribution in [2.75, 3.05) is 39.3 Å². The van der Waals surface area contributed by atoms with Gasteiger partial charge in [0, 0.05) is 26.1 Å². The first-order valence-corrected chi connectivity index (χ1v) is 13.8. The highest BCUT2D eigenvalue weighted by Crippen LogP contribution is 2.21. The van der Waals surface area contributed by atoms with Gasteiger partial charge in [0.05, 0.1) is 6.61 Å². The molecule has 0 aliphatic carbocycles. The van der Waals surface area contributed by atoms with Crippen LogP contribution >= 0.6 is 0 Å². The summed E-state index contributed by atoms with van der Waals surface area (Å²) in [6, 6.07) is 0. The maximum absolute atomic E-state index is 12.0. The maximum atomic E-state index is 12.0. The highest BCUT2D eigenvalue weighted by Gasteiger charge is 2.22. The van der Waals surface area contributed by atoms with Crippen molar-refractivity contribution in [3.63, 3.8) is 0 Å². The van der Waals surface area contributed by atoms with Crippen molar-refractivity contribution >= 4 is 12.1 Å². The number of ether oxygens (including phenoxy) is 1. The highest BCUT2D eigenvalue weighted by molar-refractivity contribution is 5.69. The summed E-state index contributed by atoms with van der Waals surface area (Å²) in [6.07, 6.45) is 15.1. The number of unbranched alkanes of at least 4 members (excludes halogenated alkanes) is 6. The topological polar surface area (TPSA) is 70.1 Å². The number of carbonyl (C=O) groups excluding carboxylic acids is 1. The van der Waals surface area contributed by atoms with E-state index in [0.29, 0.717) is 38.0 Å². The van der Waals surface area contributed by atoms with Gasteiger partial charge in [-0.05, 0) is 57.0 Å². The molecule has 194 valence electrons. The molecule has 1 aliphatic heterocycles. The van der Waals surface area contributed by atoms with Gasteiger partial charge in [0.2, 0.25) is 0 Å². The first kappa shape index (κ1) is 29.7. The van der Waals surface area contributed by atoms with Gasteiger partial charge in [0.1, 0.15) is 0 Å². The molecule has 0 aromatic carbocycles. The number of hydrogen-bond donors (Lipinski definition) is 1. The summed E-state index contributed by atoms with van der Waals surface area (Å²) in [4.78, 5) is 27.2. The van der Waals surface area contributed by atoms with Crippen molar-refractivity contribution in [3.05, 3.63) is 0 Å². The van der Waals surface area contributed by atoms with Gasteiger partial charge in [0.15, 0.2) is 0 Å². The van der Waals surface area contributed by atoms with Crippen LogP contribution in [0.15, 0.2) is 0 Å². The Hall–Kier alpha value is -1.30. The second kappa shape index (κ2) is 19.1. The van der Waals surface area contributed by atoms with Crippen LogP contribution in [-0.2, 0) is 9.53 Å². The molecule has 6 heteroatoms. The van der Waals surface area contributed by atoms with Gasteiger partial charge in [-0.3, -0.25) is 4.79 Å². The van der Waals surface area contributed by atoms with Gasteiger partial charge in [0.25, 0.3) is 0 Å². The molecule has 0 radical (unpaired) electrons. The quantitative estimate of drug-likeness (QED) is 0.171. The minimum absolute atomic E-state index is 0.0558. The van der Waals surface area contributed by atoms with Crippen LogP contribution in [0.1, 0.15) is 111 Å². The van der Waals surface area contributed by atoms with E-state index in [-0.39, 0.29) is 5.97 Å². The molecule has 1 heterocycles. The van der Waals surface area contributed by atoms with E-state index < -0.39 is 6.09 Å². The zero-order valence-corrected chi connectivity index (χ0v) is 21.9. The Morgan fingerprint density at radius 2 is 1.58 bits per heavy atom. The molecular weight excluding hydrogens is 416 g/mol. The van der Waals surface area contributed by atoms with E-state index in [0.717, 1.165) is 58.2 Å². The lowest BCUT2D eigenvalue weighted by atomic mass is 9.93. The number of carboxylic acid groups (broad SMARTS) is 1. The van der Waals surface area contributed by atoms with Crippen molar-refractivity contribution in [1.82, 2.24) is 9.80 Å². The zero-order valence-electron chi connectivity index (χ0n) is 21.9. The summed E-state index contributed by atoms with van der Waals surface area (Å²) in [7, 11) is 0. The van der Waals surface area contributed by atoms with Gasteiger partial charge in [-0.1, -0.05) is 72.1 Å². The molecule has 0 aromatic heterocycles. The lowest BCUT2D eigenvalue weighted by molar-refractivity contribution is -0.144. The third-order valence-electron chi connectivity index (χ3n) is 6.99. The molecule has 0 spiro atoms. The van der Waals surface area contributed by atoms with E-state index in [1.807, 2.05) is 0 Å². The first-order chi connectivity index (χ1) is 16.0. The minimum atomic E-state index is -0.785. The first-order valence-electron chi connectivity index (χ1n) is 13.8. The number of nitrogens with zero attached hydrogens (tertiary/aromatic N) is 2. The number of esters is 1. The van der Waals surface area contributed by atoms with Crippen LogP contribution in [0.25, 0.3) is 0 Å². The molecule has 33 heavy (non-hydrogen) atoms. The Labute approximate surface area is 203 Å². The molecular formula is C27H52N2O4. The third-order valence-corrected chi connectivity index (χ3v) is 6.99. The van der Waals surface area contributed by atoms with Crippen molar-refractivity contribution < 1.29 is 19.4 Å². The van der Waals surface area contributed by atoms with Crippen LogP contribution < -0.4 is 0 Å². The zero-order chi connectivity index (χ0) is 24.3. The number of hydrogen-bond acceptors (Lipinski definition) is 4. The third kappa shape index (κ3) is 15.3. The van der Waals surface area contributed by atoms with Crippen molar-refractivity contribution in [1.29, 1.82) is 0 Å². The van der Waals surface area contributed by atoms with Crippen LogP contribution in [0.5, 0.6) is 0 Å². The maximum Gasteiger partial charge on any atom is 0.407 e. The monoisotopic (exact) mass is 468 g/mol. The van der Waals surface area contributed by atoms with Crippen LogP contribution in [0, 0.1) is 11.8 Å². The van der Waals surface area contributed by atoms with E-state index in [4.69, 9.17) is 9.84 Å². The average molecular weight is 469 g/mol. The second-order valence-corrected chi connectivity index (χ2v) is 10.1. The molecule has 6 nitrogen and oxygen atoms in total. The SMILES string of the molecule is CCCCCCCCCN(CCCOC(=O)CC(C)CCC)CCC1CCN(C(=O)O)CC1. The summed E-state index contributed by atoms with van der Waals surface area (Å²) in [5.74, 6) is 0.971. The van der Waals surface area contributed by atoms with E-state index in [9.17, 15) is 9.59 Å². The summed E-state index contributed by atoms with van der Waals surface area (Å²) < 4.78 is 5.49. The number of piperidine rings is 1. The molecule has 1 unspecified atom stereocenters. The Balaban J connectivity index is 2.31. The van der Waals surface area contributed by atoms with E-state index in [1.54, 1.807) is 4.90 Å². The van der Waals surface area contributed by atoms with Gasteiger partial charge in [-0.25, -0.2) is 4.79 Å². The van der Waals surface area contributed by atoms with E-state index >= 15 is 0 Å². The molecule has 1 rings (SSSR count). The van der Waals surface area contributed by atoms with Crippen molar-refractivity contribution in [2.24, 2.45) is 11.8 Å². The van der Waals surface area contributed by atoms with Gasteiger partial charge in [-0.2, -0.15) is 0 Å². The smallest absolute Gasteiger partial charge is 0.407 e. The lowest BCUT2D eigenvalue weighted by Gasteiger charge is -2.31. The largest absolute Gasteiger partial charge is 0.466 e. The molecule has 1 N–H and O–H groups in total. The van der Waals surface area contributed by atoms with Crippen LogP contribution in [0.2, 0.25) is 0 Å². The highest BCUT2D eigenvalue weighted by atomic mass is 16.5. The average Bonchev–Trinajstić information content (AvgIpc) is 2.79. The molecule has 1 aliphatic rings. The van der Waals surface area contributed by atoms with Crippen LogP contribution in [0.3, 0.4) is 0 Å². The fraction of sp³-hybridized carbons (Fsp3) is 0.926. The predicted molar refractivity (Wildman–Crippen MR) is 136 cm³/mol. The minimum Gasteiger partial charge on any atom is -0.466 e. The van der Waals surface area contributed by atoms with Crippen molar-refractivity contribution in [2.45, 2.75) is 111 Å². The van der Waals surface area contributed by atoms with E-state index in [2.05, 4.69) is 25.7 Å². The van der Waals surface area contributed by atoms with Crippen LogP contribution in [-0.4, -0.2) is 66.3 Å². The Kier molecular flexibility index (Phi) is 17.2. The van der Waals surface area contributed by atoms with Gasteiger partial charge in [-0.15, -0.1) is 0 Å². The lowest BCUT2D eigenvalue weighted by Crippen LogP contribution is -2.38. The van der Waals surface area contributed by atoms with E-state index in [1.165, 1.54) is 44.9 Å². The molecule has 1 fully saturated rings. The number of carbonyl (C=O) groups is 2. The Bertz CT molecular complexity index is 506. The summed E-state index contributed by atoms with van der Waals surface area (Å²) >= 11 is 0. The normalized spacial score (nSPS) is 15.7. The van der Waals surface area contributed by atoms with Crippen molar-refractivity contribution in [3.8, 4) is 0 Å². The number of likely N-dealkylation sites (tertiary alicyclic amines) is 1. The Morgan fingerprint density at radius 3 is 2.21 bits per heavy atom. The molecule has 1 atom stereocenters. The number of amides is 1. The molecule has 0 aromatic rings. The second-order valence-electron chi connectivity index (χ2n) is 10.1. The molecule has 0 bridgehead atoms. The fourth-order valence-electron chi connectivity index (χ4n) is 4.82.